The van der Waals surface area contributed by atoms with Crippen molar-refractivity contribution in [2.75, 3.05) is 11.6 Å². The Bertz CT molecular complexity index is 1180. The van der Waals surface area contributed by atoms with Crippen molar-refractivity contribution in [3.05, 3.63) is 52.0 Å². The molecule has 0 aliphatic rings. The Morgan fingerprint density at radius 1 is 1.19 bits per heavy atom. The minimum Gasteiger partial charge on any atom is -0.308 e. The van der Waals surface area contributed by atoms with Gasteiger partial charge < -0.3 is 5.32 Å². The third-order valence-electron chi connectivity index (χ3n) is 3.41. The number of amides is 1. The van der Waals surface area contributed by atoms with E-state index in [-0.39, 0.29) is 20.6 Å². The molecule has 1 heterocycles. The van der Waals surface area contributed by atoms with Crippen molar-refractivity contribution in [2.24, 2.45) is 0 Å². The number of hydrogen-bond donors (Lipinski definition) is 2. The Kier molecular flexibility index (Phi) is 5.68. The van der Waals surface area contributed by atoms with Crippen molar-refractivity contribution in [1.82, 2.24) is 10.3 Å². The van der Waals surface area contributed by atoms with Gasteiger partial charge in [-0.2, -0.15) is 0 Å². The number of nitrogens with one attached hydrogen (secondary N) is 2. The average molecular weight is 460 g/mol. The van der Waals surface area contributed by atoms with Crippen molar-refractivity contribution in [3.8, 4) is 0 Å². The summed E-state index contributed by atoms with van der Waals surface area (Å²) in [6, 6.07) is 9.15. The first-order valence-corrected chi connectivity index (χ1v) is 11.2. The fourth-order valence-corrected chi connectivity index (χ4v) is 4.54. The van der Waals surface area contributed by atoms with Crippen molar-refractivity contribution >= 4 is 83.0 Å². The smallest absolute Gasteiger partial charge is 0.258 e. The third-order valence-corrected chi connectivity index (χ3v) is 6.21. The van der Waals surface area contributed by atoms with Crippen molar-refractivity contribution < 1.29 is 13.2 Å². The zero-order valence-electron chi connectivity index (χ0n) is 13.6. The molecule has 0 aliphatic carbocycles. The lowest BCUT2D eigenvalue weighted by molar-refractivity contribution is 0.0978. The number of thiocarbonyl (C=S) groups is 1. The Morgan fingerprint density at radius 3 is 2.59 bits per heavy atom. The fourth-order valence-electron chi connectivity index (χ4n) is 2.16. The summed E-state index contributed by atoms with van der Waals surface area (Å²) in [4.78, 5) is 16.8. The standard InChI is InChI=1S/C16H11Cl2N3O3S3/c1-27(23,24)9-3-5-12-13(7-9)26-16(19-12)21-15(25)20-14(22)10-4-2-8(17)6-11(10)18/h2-7H,1H3,(H2,19,20,21,22,25). The van der Waals surface area contributed by atoms with Crippen LogP contribution in [0.3, 0.4) is 0 Å². The van der Waals surface area contributed by atoms with Gasteiger partial charge in [0.25, 0.3) is 5.91 Å². The van der Waals surface area contributed by atoms with Crippen LogP contribution in [-0.2, 0) is 9.84 Å². The van der Waals surface area contributed by atoms with E-state index in [9.17, 15) is 13.2 Å². The average Bonchev–Trinajstić information content (AvgIpc) is 2.94. The molecule has 140 valence electrons. The maximum atomic E-state index is 12.3. The molecule has 0 fully saturated rings. The van der Waals surface area contributed by atoms with E-state index < -0.39 is 15.7 Å². The molecule has 6 nitrogen and oxygen atoms in total. The van der Waals surface area contributed by atoms with Gasteiger partial charge in [-0.25, -0.2) is 13.4 Å². The SMILES string of the molecule is CS(=O)(=O)c1ccc2nc(NC(=S)NC(=O)c3ccc(Cl)cc3Cl)sc2c1. The number of aromatic nitrogens is 1. The molecule has 0 atom stereocenters. The number of halogens is 2. The first-order valence-electron chi connectivity index (χ1n) is 7.31. The summed E-state index contributed by atoms with van der Waals surface area (Å²) < 4.78 is 24.0. The molecule has 3 aromatic rings. The summed E-state index contributed by atoms with van der Waals surface area (Å²) in [5.41, 5.74) is 0.845. The molecule has 11 heteroatoms. The van der Waals surface area contributed by atoms with Crippen LogP contribution in [0.25, 0.3) is 10.2 Å². The first-order chi connectivity index (χ1) is 12.6. The molecule has 2 aromatic carbocycles. The van der Waals surface area contributed by atoms with Gasteiger partial charge in [0.2, 0.25) is 0 Å². The molecule has 0 saturated carbocycles. The zero-order valence-corrected chi connectivity index (χ0v) is 17.6. The second-order valence-electron chi connectivity index (χ2n) is 5.45. The number of fused-ring (bicyclic) bond motifs is 1. The number of benzene rings is 2. The minimum atomic E-state index is -3.31. The topological polar surface area (TPSA) is 88.2 Å². The summed E-state index contributed by atoms with van der Waals surface area (Å²) >= 11 is 18.2. The van der Waals surface area contributed by atoms with Crippen LogP contribution in [0.15, 0.2) is 41.3 Å². The van der Waals surface area contributed by atoms with Gasteiger partial charge in [-0.1, -0.05) is 34.5 Å². The Balaban J connectivity index is 1.74. The number of rotatable bonds is 3. The second-order valence-corrected chi connectivity index (χ2v) is 9.75. The van der Waals surface area contributed by atoms with Crippen molar-refractivity contribution in [1.29, 1.82) is 0 Å². The molecule has 0 aliphatic heterocycles. The quantitative estimate of drug-likeness (QED) is 0.572. The van der Waals surface area contributed by atoms with Crippen LogP contribution in [0.4, 0.5) is 5.13 Å². The van der Waals surface area contributed by atoms with E-state index >= 15 is 0 Å². The van der Waals surface area contributed by atoms with E-state index in [1.807, 2.05) is 0 Å². The summed E-state index contributed by atoms with van der Waals surface area (Å²) in [6.45, 7) is 0. The number of nitrogens with zero attached hydrogens (tertiary/aromatic N) is 1. The van der Waals surface area contributed by atoms with Gasteiger partial charge in [-0.3, -0.25) is 10.1 Å². The normalized spacial score (nSPS) is 11.4. The van der Waals surface area contributed by atoms with Crippen LogP contribution in [0, 0.1) is 0 Å². The molecule has 3 rings (SSSR count). The van der Waals surface area contributed by atoms with Gasteiger partial charge in [0.1, 0.15) is 0 Å². The highest BCUT2D eigenvalue weighted by atomic mass is 35.5. The number of carbonyl (C=O) groups excluding carboxylic acids is 1. The van der Waals surface area contributed by atoms with Crippen LogP contribution in [0.1, 0.15) is 10.4 Å². The predicted molar refractivity (Wildman–Crippen MR) is 113 cm³/mol. The maximum Gasteiger partial charge on any atom is 0.258 e. The second kappa shape index (κ2) is 7.69. The van der Waals surface area contributed by atoms with E-state index in [1.165, 1.54) is 29.5 Å². The van der Waals surface area contributed by atoms with E-state index in [1.54, 1.807) is 18.2 Å². The van der Waals surface area contributed by atoms with E-state index in [2.05, 4.69) is 15.6 Å². The highest BCUT2D eigenvalue weighted by molar-refractivity contribution is 7.90. The monoisotopic (exact) mass is 459 g/mol. The number of thiazole rings is 1. The van der Waals surface area contributed by atoms with Crippen molar-refractivity contribution in [2.45, 2.75) is 4.90 Å². The van der Waals surface area contributed by atoms with Gasteiger partial charge in [-0.05, 0) is 48.6 Å². The third kappa shape index (κ3) is 4.74. The molecular formula is C16H11Cl2N3O3S3. The lowest BCUT2D eigenvalue weighted by Gasteiger charge is -2.08. The fraction of sp³-hybridized carbons (Fsp3) is 0.0625. The van der Waals surface area contributed by atoms with E-state index in [0.29, 0.717) is 20.4 Å². The lowest BCUT2D eigenvalue weighted by atomic mass is 10.2. The molecule has 2 N–H and O–H groups in total. The number of sulfone groups is 1. The minimum absolute atomic E-state index is 0.0356. The Hall–Kier alpha value is -1.78. The number of anilines is 1. The molecule has 0 spiro atoms. The van der Waals surface area contributed by atoms with Crippen LogP contribution in [-0.4, -0.2) is 30.7 Å². The van der Waals surface area contributed by atoms with Gasteiger partial charge in [-0.15, -0.1) is 0 Å². The number of carbonyl (C=O) groups is 1. The van der Waals surface area contributed by atoms with Crippen LogP contribution in [0.2, 0.25) is 10.0 Å². The van der Waals surface area contributed by atoms with Crippen molar-refractivity contribution in [3.63, 3.8) is 0 Å². The van der Waals surface area contributed by atoms with E-state index in [0.717, 1.165) is 6.26 Å². The molecule has 27 heavy (non-hydrogen) atoms. The molecule has 0 radical (unpaired) electrons. The van der Waals surface area contributed by atoms with Crippen LogP contribution >= 0.6 is 46.8 Å². The Morgan fingerprint density at radius 2 is 1.93 bits per heavy atom. The molecule has 0 unspecified atom stereocenters. The van der Waals surface area contributed by atoms with Gasteiger partial charge in [0.15, 0.2) is 20.1 Å². The summed E-state index contributed by atoms with van der Waals surface area (Å²) in [6.07, 6.45) is 1.14. The van der Waals surface area contributed by atoms with Gasteiger partial charge in [0, 0.05) is 11.3 Å². The van der Waals surface area contributed by atoms with Crippen LogP contribution in [0.5, 0.6) is 0 Å². The summed E-state index contributed by atoms with van der Waals surface area (Å²) in [5.74, 6) is -0.491. The zero-order chi connectivity index (χ0) is 19.8. The summed E-state index contributed by atoms with van der Waals surface area (Å²) in [5, 5.41) is 6.40. The number of hydrogen-bond acceptors (Lipinski definition) is 6. The molecule has 1 amide bonds. The van der Waals surface area contributed by atoms with E-state index in [4.69, 9.17) is 35.4 Å². The van der Waals surface area contributed by atoms with Gasteiger partial charge in [0.05, 0.1) is 25.7 Å². The molecular weight excluding hydrogens is 449 g/mol. The maximum absolute atomic E-state index is 12.3. The largest absolute Gasteiger partial charge is 0.308 e. The predicted octanol–water partition coefficient (Wildman–Crippen LogP) is 4.13. The highest BCUT2D eigenvalue weighted by Gasteiger charge is 2.14. The van der Waals surface area contributed by atoms with Crippen LogP contribution < -0.4 is 10.6 Å². The summed E-state index contributed by atoms with van der Waals surface area (Å²) in [7, 11) is -3.31. The first kappa shape index (κ1) is 20.0. The highest BCUT2D eigenvalue weighted by Crippen LogP contribution is 2.28. The molecule has 1 aromatic heterocycles. The lowest BCUT2D eigenvalue weighted by Crippen LogP contribution is -2.34. The Labute approximate surface area is 174 Å². The molecule has 0 saturated heterocycles. The van der Waals surface area contributed by atoms with Gasteiger partial charge >= 0.3 is 0 Å². The molecule has 0 bridgehead atoms.